The Morgan fingerprint density at radius 3 is 2.00 bits per heavy atom. The van der Waals surface area contributed by atoms with Crippen molar-refractivity contribution in [2.24, 2.45) is 0 Å². The molecule has 0 saturated carbocycles. The van der Waals surface area contributed by atoms with Crippen LogP contribution in [0, 0.1) is 18.3 Å². The Labute approximate surface area is 104 Å². The van der Waals surface area contributed by atoms with Crippen LogP contribution in [0.3, 0.4) is 0 Å². The molecule has 3 heteroatoms. The lowest BCUT2D eigenvalue weighted by Crippen LogP contribution is -1.74. The zero-order valence-electron chi connectivity index (χ0n) is 10.6. The van der Waals surface area contributed by atoms with Gasteiger partial charge < -0.3 is 9.84 Å². The second-order valence-electron chi connectivity index (χ2n) is 3.61. The Hall–Kier alpha value is -1.37. The van der Waals surface area contributed by atoms with Crippen molar-refractivity contribution in [2.75, 3.05) is 19.8 Å². The Kier molecular flexibility index (Phi) is 10.2. The van der Waals surface area contributed by atoms with Crippen molar-refractivity contribution in [1.82, 2.24) is 0 Å². The Balaban J connectivity index is 0.000000270. The summed E-state index contributed by atoms with van der Waals surface area (Å²) in [5, 5.41) is 15.9. The van der Waals surface area contributed by atoms with Gasteiger partial charge in [-0.15, -0.1) is 0 Å². The highest BCUT2D eigenvalue weighted by Gasteiger charge is 1.94. The quantitative estimate of drug-likeness (QED) is 0.752. The zero-order valence-corrected chi connectivity index (χ0v) is 10.6. The molecule has 3 nitrogen and oxygen atoms in total. The van der Waals surface area contributed by atoms with Crippen molar-refractivity contribution in [1.29, 1.82) is 5.26 Å². The molecule has 0 aliphatic carbocycles. The zero-order chi connectivity index (χ0) is 12.9. The van der Waals surface area contributed by atoms with E-state index in [-0.39, 0.29) is 6.61 Å². The van der Waals surface area contributed by atoms with Gasteiger partial charge in [-0.05, 0) is 38.8 Å². The van der Waals surface area contributed by atoms with E-state index in [0.29, 0.717) is 0 Å². The van der Waals surface area contributed by atoms with Gasteiger partial charge in [0.15, 0.2) is 0 Å². The molecule has 1 fully saturated rings. The standard InChI is InChI=1S/C8H7N.C4H8O.C2H6O/c1-7-2-4-8(6-9)5-3-7;1-2-4-5-3-1;1-2-3/h2-5H,1H3;1-4H2;3H,2H2,1H3. The first-order chi connectivity index (χ1) is 8.24. The van der Waals surface area contributed by atoms with Crippen LogP contribution in [0.4, 0.5) is 0 Å². The van der Waals surface area contributed by atoms with E-state index in [1.165, 1.54) is 18.4 Å². The van der Waals surface area contributed by atoms with Gasteiger partial charge in [0.25, 0.3) is 0 Å². The summed E-state index contributed by atoms with van der Waals surface area (Å²) in [6, 6.07) is 9.54. The fraction of sp³-hybridized carbons (Fsp3) is 0.500. The number of nitrogens with zero attached hydrogens (tertiary/aromatic N) is 1. The summed E-state index contributed by atoms with van der Waals surface area (Å²) in [5.74, 6) is 0. The number of hydrogen-bond donors (Lipinski definition) is 1. The van der Waals surface area contributed by atoms with Crippen LogP contribution in [0.2, 0.25) is 0 Å². The van der Waals surface area contributed by atoms with E-state index in [0.717, 1.165) is 18.8 Å². The topological polar surface area (TPSA) is 53.2 Å². The Morgan fingerprint density at radius 2 is 1.71 bits per heavy atom. The largest absolute Gasteiger partial charge is 0.397 e. The van der Waals surface area contributed by atoms with E-state index in [4.69, 9.17) is 15.1 Å². The maximum Gasteiger partial charge on any atom is 0.0991 e. The number of hydrogen-bond acceptors (Lipinski definition) is 3. The SMILES string of the molecule is C1CCOC1.CCO.Cc1ccc(C#N)cc1. The second-order valence-corrected chi connectivity index (χ2v) is 3.61. The smallest absolute Gasteiger partial charge is 0.0991 e. The van der Waals surface area contributed by atoms with Crippen molar-refractivity contribution in [2.45, 2.75) is 26.7 Å². The van der Waals surface area contributed by atoms with E-state index in [2.05, 4.69) is 6.07 Å². The molecular formula is C14H21NO2. The first-order valence-corrected chi connectivity index (χ1v) is 5.90. The van der Waals surface area contributed by atoms with Crippen LogP contribution >= 0.6 is 0 Å². The third-order valence-electron chi connectivity index (χ3n) is 2.01. The maximum absolute atomic E-state index is 8.38. The van der Waals surface area contributed by atoms with Crippen molar-refractivity contribution >= 4 is 0 Å². The van der Waals surface area contributed by atoms with Crippen LogP contribution in [-0.4, -0.2) is 24.9 Å². The number of aliphatic hydroxyl groups excluding tert-OH is 1. The lowest BCUT2D eigenvalue weighted by Gasteiger charge is -1.88. The summed E-state index contributed by atoms with van der Waals surface area (Å²) in [6.45, 7) is 5.93. The van der Waals surface area contributed by atoms with Crippen LogP contribution in [0.1, 0.15) is 30.9 Å². The van der Waals surface area contributed by atoms with Gasteiger partial charge in [-0.25, -0.2) is 0 Å². The first-order valence-electron chi connectivity index (χ1n) is 5.90. The number of aryl methyl sites for hydroxylation is 1. The lowest BCUT2D eigenvalue weighted by molar-refractivity contribution is 0.198. The lowest BCUT2D eigenvalue weighted by atomic mass is 10.2. The minimum Gasteiger partial charge on any atom is -0.397 e. The summed E-state index contributed by atoms with van der Waals surface area (Å²) in [5.41, 5.74) is 1.91. The van der Waals surface area contributed by atoms with Gasteiger partial charge in [-0.2, -0.15) is 5.26 Å². The van der Waals surface area contributed by atoms with E-state index in [1.54, 1.807) is 6.92 Å². The monoisotopic (exact) mass is 235 g/mol. The third kappa shape index (κ3) is 9.55. The number of aliphatic hydroxyl groups is 1. The Bertz CT molecular complexity index is 302. The average Bonchev–Trinajstić information content (AvgIpc) is 2.90. The molecule has 1 aromatic rings. The van der Waals surface area contributed by atoms with E-state index in [1.807, 2.05) is 31.2 Å². The number of benzene rings is 1. The van der Waals surface area contributed by atoms with Crippen LogP contribution in [0.5, 0.6) is 0 Å². The molecular weight excluding hydrogens is 214 g/mol. The molecule has 1 aliphatic heterocycles. The van der Waals surface area contributed by atoms with Gasteiger partial charge in [0.2, 0.25) is 0 Å². The summed E-state index contributed by atoms with van der Waals surface area (Å²) in [6.07, 6.45) is 2.56. The van der Waals surface area contributed by atoms with Crippen LogP contribution in [-0.2, 0) is 4.74 Å². The molecule has 94 valence electrons. The summed E-state index contributed by atoms with van der Waals surface area (Å²) in [7, 11) is 0. The number of rotatable bonds is 0. The van der Waals surface area contributed by atoms with Crippen molar-refractivity contribution < 1.29 is 9.84 Å². The van der Waals surface area contributed by atoms with Gasteiger partial charge >= 0.3 is 0 Å². The molecule has 1 saturated heterocycles. The van der Waals surface area contributed by atoms with Crippen LogP contribution in [0.25, 0.3) is 0 Å². The average molecular weight is 235 g/mol. The Morgan fingerprint density at radius 1 is 1.24 bits per heavy atom. The van der Waals surface area contributed by atoms with E-state index >= 15 is 0 Å². The second kappa shape index (κ2) is 11.1. The molecule has 0 spiro atoms. The highest BCUT2D eigenvalue weighted by molar-refractivity contribution is 5.30. The fourth-order valence-corrected chi connectivity index (χ4v) is 1.14. The van der Waals surface area contributed by atoms with Crippen LogP contribution in [0.15, 0.2) is 24.3 Å². The molecule has 0 atom stereocenters. The van der Waals surface area contributed by atoms with Crippen LogP contribution < -0.4 is 0 Å². The predicted molar refractivity (Wildman–Crippen MR) is 68.7 cm³/mol. The molecule has 1 aliphatic rings. The molecule has 0 unspecified atom stereocenters. The molecule has 2 rings (SSSR count). The van der Waals surface area contributed by atoms with Gasteiger partial charge in [-0.1, -0.05) is 17.7 Å². The third-order valence-corrected chi connectivity index (χ3v) is 2.01. The van der Waals surface area contributed by atoms with Crippen molar-refractivity contribution in [3.05, 3.63) is 35.4 Å². The molecule has 0 bridgehead atoms. The first kappa shape index (κ1) is 15.6. The molecule has 1 heterocycles. The van der Waals surface area contributed by atoms with Gasteiger partial charge in [0.05, 0.1) is 11.6 Å². The minimum absolute atomic E-state index is 0.250. The summed E-state index contributed by atoms with van der Waals surface area (Å²) < 4.78 is 4.94. The molecule has 0 radical (unpaired) electrons. The van der Waals surface area contributed by atoms with Gasteiger partial charge in [0, 0.05) is 19.8 Å². The molecule has 0 amide bonds. The number of nitriles is 1. The maximum atomic E-state index is 8.38. The molecule has 1 N–H and O–H groups in total. The normalized spacial score (nSPS) is 12.6. The van der Waals surface area contributed by atoms with Gasteiger partial charge in [-0.3, -0.25) is 0 Å². The van der Waals surface area contributed by atoms with Gasteiger partial charge in [0.1, 0.15) is 0 Å². The highest BCUT2D eigenvalue weighted by atomic mass is 16.5. The van der Waals surface area contributed by atoms with Crippen molar-refractivity contribution in [3.8, 4) is 6.07 Å². The molecule has 17 heavy (non-hydrogen) atoms. The summed E-state index contributed by atoms with van der Waals surface area (Å²) in [4.78, 5) is 0. The fourth-order valence-electron chi connectivity index (χ4n) is 1.14. The van der Waals surface area contributed by atoms with Crippen molar-refractivity contribution in [3.63, 3.8) is 0 Å². The minimum atomic E-state index is 0.250. The molecule has 1 aromatic carbocycles. The summed E-state index contributed by atoms with van der Waals surface area (Å²) >= 11 is 0. The van der Waals surface area contributed by atoms with E-state index < -0.39 is 0 Å². The number of ether oxygens (including phenoxy) is 1. The van der Waals surface area contributed by atoms with E-state index in [9.17, 15) is 0 Å². The predicted octanol–water partition coefficient (Wildman–Crippen LogP) is 2.66. The highest BCUT2D eigenvalue weighted by Crippen LogP contribution is 2.00. The molecule has 0 aromatic heterocycles.